The maximum absolute atomic E-state index is 15.3. The van der Waals surface area contributed by atoms with Crippen molar-refractivity contribution in [2.45, 2.75) is 45.2 Å². The summed E-state index contributed by atoms with van der Waals surface area (Å²) in [5.74, 6) is -3.08. The summed E-state index contributed by atoms with van der Waals surface area (Å²) in [6.45, 7) is 5.39. The number of anilines is 1. The summed E-state index contributed by atoms with van der Waals surface area (Å²) in [6.07, 6.45) is 1.23. The number of carbonyl (C=O) groups is 2. The molecule has 0 bridgehead atoms. The monoisotopic (exact) mass is 625 g/mol. The minimum atomic E-state index is -1.26. The summed E-state index contributed by atoms with van der Waals surface area (Å²) < 4.78 is 54.0. The Morgan fingerprint density at radius 1 is 1.13 bits per heavy atom. The maximum Gasteiger partial charge on any atom is 0.328 e. The van der Waals surface area contributed by atoms with Gasteiger partial charge in [-0.2, -0.15) is 0 Å². The van der Waals surface area contributed by atoms with Crippen LogP contribution in [0.1, 0.15) is 40.5 Å². The quantitative estimate of drug-likeness (QED) is 0.378. The van der Waals surface area contributed by atoms with Crippen molar-refractivity contribution in [1.82, 2.24) is 9.88 Å². The molecule has 2 aliphatic heterocycles. The van der Waals surface area contributed by atoms with Crippen LogP contribution in [0, 0.1) is 18.6 Å². The Balaban J connectivity index is 1.47. The summed E-state index contributed by atoms with van der Waals surface area (Å²) in [4.78, 5) is 41.3. The molecular weight excluding hydrogens is 588 g/mol. The van der Waals surface area contributed by atoms with E-state index >= 15 is 8.78 Å². The molecule has 0 spiro atoms. The van der Waals surface area contributed by atoms with Crippen LogP contribution < -0.4 is 25.2 Å². The fourth-order valence-electron chi connectivity index (χ4n) is 5.96. The molecule has 1 fully saturated rings. The van der Waals surface area contributed by atoms with Gasteiger partial charge >= 0.3 is 5.97 Å². The number of hydrogen-bond donors (Lipinski definition) is 1. The number of hydrogen-bond acceptors (Lipinski definition) is 8. The Morgan fingerprint density at radius 3 is 2.53 bits per heavy atom. The molecule has 1 aromatic heterocycles. The minimum Gasteiger partial charge on any atom is -0.496 e. The van der Waals surface area contributed by atoms with Crippen LogP contribution in [0.5, 0.6) is 11.5 Å². The first-order chi connectivity index (χ1) is 21.5. The van der Waals surface area contributed by atoms with Crippen molar-refractivity contribution in [2.24, 2.45) is 7.05 Å². The predicted molar refractivity (Wildman–Crippen MR) is 163 cm³/mol. The van der Waals surface area contributed by atoms with Gasteiger partial charge in [0.05, 0.1) is 39.6 Å². The van der Waals surface area contributed by atoms with Gasteiger partial charge in [0, 0.05) is 49.1 Å². The number of benzene rings is 2. The number of amides is 1. The number of pyridine rings is 1. The molecule has 2 aromatic carbocycles. The van der Waals surface area contributed by atoms with Gasteiger partial charge in [-0.15, -0.1) is 0 Å². The van der Waals surface area contributed by atoms with E-state index in [4.69, 9.17) is 18.9 Å². The van der Waals surface area contributed by atoms with Crippen molar-refractivity contribution >= 4 is 17.6 Å². The maximum atomic E-state index is 15.3. The fourth-order valence-corrected chi connectivity index (χ4v) is 5.96. The second-order valence-electron chi connectivity index (χ2n) is 11.3. The highest BCUT2D eigenvalue weighted by molar-refractivity contribution is 5.97. The Kier molecular flexibility index (Phi) is 9.42. The van der Waals surface area contributed by atoms with E-state index < -0.39 is 35.1 Å². The van der Waals surface area contributed by atoms with E-state index in [1.807, 2.05) is 11.8 Å². The van der Waals surface area contributed by atoms with Gasteiger partial charge in [0.2, 0.25) is 0 Å². The van der Waals surface area contributed by atoms with E-state index in [1.54, 1.807) is 32.2 Å². The SMILES string of the molecule is COC(=O)[C@H](Cc1ccc(-c2c(OC)cc(C)n(C)c2=O)c2c1CCCO2)NC(=O)c1c(F)cc(N2CCOC[C@@H]2C)cc1F. The van der Waals surface area contributed by atoms with Crippen LogP contribution >= 0.6 is 0 Å². The standard InChI is InChI=1S/C33H37F2N3O7/c1-18-13-27(42-4)28(32(40)37(18)3)23-9-8-20(22-7-6-11-45-30(22)23)14-26(33(41)43-5)36-31(39)29-24(34)15-21(16-25(29)35)38-10-12-44-17-19(38)2/h8-9,13,15-16,19,26H,6-7,10-12,14,17H2,1-5H3,(H,36,39)/t19-,26-/m0/s1. The topological polar surface area (TPSA) is 108 Å². The first kappa shape index (κ1) is 32.0. The number of esters is 1. The number of rotatable bonds is 8. The van der Waals surface area contributed by atoms with Crippen molar-refractivity contribution in [2.75, 3.05) is 45.5 Å². The summed E-state index contributed by atoms with van der Waals surface area (Å²) in [5, 5.41) is 2.47. The van der Waals surface area contributed by atoms with Crippen molar-refractivity contribution < 1.29 is 37.3 Å². The molecule has 240 valence electrons. The lowest BCUT2D eigenvalue weighted by atomic mass is 9.90. The highest BCUT2D eigenvalue weighted by atomic mass is 19.1. The molecule has 1 amide bonds. The second kappa shape index (κ2) is 13.3. The zero-order valence-corrected chi connectivity index (χ0v) is 26.0. The average Bonchev–Trinajstić information content (AvgIpc) is 3.03. The summed E-state index contributed by atoms with van der Waals surface area (Å²) >= 11 is 0. The van der Waals surface area contributed by atoms with Gasteiger partial charge in [-0.1, -0.05) is 12.1 Å². The number of halogens is 2. The molecule has 5 rings (SSSR count). The van der Waals surface area contributed by atoms with Crippen molar-refractivity contribution in [1.29, 1.82) is 0 Å². The normalized spacial score (nSPS) is 16.8. The summed E-state index contributed by atoms with van der Waals surface area (Å²) in [6, 6.07) is 6.11. The van der Waals surface area contributed by atoms with Crippen molar-refractivity contribution in [3.05, 3.63) is 74.7 Å². The lowest BCUT2D eigenvalue weighted by molar-refractivity contribution is -0.142. The van der Waals surface area contributed by atoms with E-state index in [-0.39, 0.29) is 18.0 Å². The third kappa shape index (κ3) is 6.24. The molecule has 0 saturated carbocycles. The number of aryl methyl sites for hydroxylation is 1. The highest BCUT2D eigenvalue weighted by Gasteiger charge is 2.31. The second-order valence-corrected chi connectivity index (χ2v) is 11.3. The molecular formula is C33H37F2N3O7. The lowest BCUT2D eigenvalue weighted by Crippen LogP contribution is -2.44. The summed E-state index contributed by atoms with van der Waals surface area (Å²) in [7, 11) is 4.34. The predicted octanol–water partition coefficient (Wildman–Crippen LogP) is 3.71. The van der Waals surface area contributed by atoms with Gasteiger partial charge in [-0.05, 0) is 49.9 Å². The number of fused-ring (bicyclic) bond motifs is 1. The van der Waals surface area contributed by atoms with Crippen molar-refractivity contribution in [3.8, 4) is 22.6 Å². The van der Waals surface area contributed by atoms with Crippen LogP contribution in [-0.4, -0.2) is 69.1 Å². The number of nitrogens with zero attached hydrogens (tertiary/aromatic N) is 2. The number of ether oxygens (including phenoxy) is 4. The van der Waals surface area contributed by atoms with Gasteiger partial charge in [0.1, 0.15) is 34.7 Å². The molecule has 0 radical (unpaired) electrons. The van der Waals surface area contributed by atoms with E-state index in [0.717, 1.165) is 23.4 Å². The molecule has 2 aliphatic rings. The van der Waals surface area contributed by atoms with Crippen LogP contribution in [0.15, 0.2) is 35.1 Å². The first-order valence-corrected chi connectivity index (χ1v) is 14.8. The van der Waals surface area contributed by atoms with Crippen LogP contribution in [-0.2, 0) is 34.2 Å². The highest BCUT2D eigenvalue weighted by Crippen LogP contribution is 2.41. The largest absolute Gasteiger partial charge is 0.496 e. The van der Waals surface area contributed by atoms with Crippen molar-refractivity contribution in [3.63, 3.8) is 0 Å². The van der Waals surface area contributed by atoms with E-state index in [1.165, 1.54) is 18.8 Å². The van der Waals surface area contributed by atoms with Gasteiger partial charge in [-0.3, -0.25) is 9.59 Å². The minimum absolute atomic E-state index is 0.0416. The Bertz CT molecular complexity index is 1670. The van der Waals surface area contributed by atoms with Crippen LogP contribution in [0.3, 0.4) is 0 Å². The zero-order chi connectivity index (χ0) is 32.4. The Morgan fingerprint density at radius 2 is 1.87 bits per heavy atom. The fraction of sp³-hybridized carbons (Fsp3) is 0.424. The number of nitrogens with one attached hydrogen (secondary N) is 1. The average molecular weight is 626 g/mol. The number of aromatic nitrogens is 1. The molecule has 1 N–H and O–H groups in total. The molecule has 0 aliphatic carbocycles. The third-order valence-electron chi connectivity index (χ3n) is 8.47. The molecule has 1 saturated heterocycles. The molecule has 0 unspecified atom stereocenters. The van der Waals surface area contributed by atoms with Crippen LogP contribution in [0.2, 0.25) is 0 Å². The van der Waals surface area contributed by atoms with Crippen LogP contribution in [0.4, 0.5) is 14.5 Å². The zero-order valence-electron chi connectivity index (χ0n) is 26.0. The third-order valence-corrected chi connectivity index (χ3v) is 8.47. The Hall–Kier alpha value is -4.45. The van der Waals surface area contributed by atoms with Gasteiger partial charge in [0.25, 0.3) is 11.5 Å². The molecule has 3 aromatic rings. The molecule has 2 atom stereocenters. The lowest BCUT2D eigenvalue weighted by Gasteiger charge is -2.35. The van der Waals surface area contributed by atoms with Gasteiger partial charge < -0.3 is 33.7 Å². The van der Waals surface area contributed by atoms with Crippen LogP contribution in [0.25, 0.3) is 11.1 Å². The van der Waals surface area contributed by atoms with Gasteiger partial charge in [0.15, 0.2) is 0 Å². The number of morpholine rings is 1. The molecule has 12 heteroatoms. The first-order valence-electron chi connectivity index (χ1n) is 14.8. The Labute approximate surface area is 259 Å². The van der Waals surface area contributed by atoms with E-state index in [2.05, 4.69) is 5.32 Å². The van der Waals surface area contributed by atoms with E-state index in [9.17, 15) is 14.4 Å². The molecule has 10 nitrogen and oxygen atoms in total. The molecule has 45 heavy (non-hydrogen) atoms. The number of methoxy groups -OCH3 is 2. The van der Waals surface area contributed by atoms with Gasteiger partial charge in [-0.25, -0.2) is 13.6 Å². The smallest absolute Gasteiger partial charge is 0.328 e. The molecule has 3 heterocycles. The summed E-state index contributed by atoms with van der Waals surface area (Å²) in [5.41, 5.74) is 2.27. The van der Waals surface area contributed by atoms with E-state index in [0.29, 0.717) is 73.1 Å². The number of carbonyl (C=O) groups excluding carboxylic acids is 2.